The number of carbonyl (C=O) groups excluding carboxylic acids is 1. The molecule has 0 spiro atoms. The fraction of sp³-hybridized carbons (Fsp3) is 0.105. The molecule has 1 aromatic heterocycles. The van der Waals surface area contributed by atoms with Crippen molar-refractivity contribution in [1.82, 2.24) is 0 Å². The minimum Gasteiger partial charge on any atom is -0.360 e. The van der Waals surface area contributed by atoms with E-state index < -0.39 is 0 Å². The van der Waals surface area contributed by atoms with Gasteiger partial charge < -0.3 is 5.32 Å². The molecule has 114 valence electrons. The highest BCUT2D eigenvalue weighted by Gasteiger charge is 2.34. The van der Waals surface area contributed by atoms with Gasteiger partial charge in [-0.15, -0.1) is 11.3 Å². The predicted molar refractivity (Wildman–Crippen MR) is 95.1 cm³/mol. The standard InChI is InChI=1S/C19H16N2OS/c1-13-8-10-14(11-9-13)21-18(17-7-4-12-23-17)20-16-6-3-2-5-15(16)19(21)22/h2-12,18,20H,1H3/t18-/m0/s1. The van der Waals surface area contributed by atoms with Gasteiger partial charge in [0.2, 0.25) is 0 Å². The van der Waals surface area contributed by atoms with Crippen molar-refractivity contribution < 1.29 is 4.79 Å². The van der Waals surface area contributed by atoms with E-state index in [2.05, 4.69) is 11.4 Å². The van der Waals surface area contributed by atoms with Crippen molar-refractivity contribution in [2.45, 2.75) is 13.1 Å². The van der Waals surface area contributed by atoms with Crippen LogP contribution >= 0.6 is 11.3 Å². The Hall–Kier alpha value is -2.59. The van der Waals surface area contributed by atoms with E-state index in [-0.39, 0.29) is 12.1 Å². The van der Waals surface area contributed by atoms with Crippen molar-refractivity contribution in [2.75, 3.05) is 10.2 Å². The summed E-state index contributed by atoms with van der Waals surface area (Å²) in [6.07, 6.45) is -0.180. The van der Waals surface area contributed by atoms with Gasteiger partial charge in [-0.3, -0.25) is 9.69 Å². The maximum absolute atomic E-state index is 13.1. The summed E-state index contributed by atoms with van der Waals surface area (Å²) in [5.74, 6) is 0.0293. The Morgan fingerprint density at radius 2 is 1.78 bits per heavy atom. The normalized spacial score (nSPS) is 16.8. The van der Waals surface area contributed by atoms with E-state index >= 15 is 0 Å². The molecule has 0 aliphatic carbocycles. The molecule has 4 heteroatoms. The van der Waals surface area contributed by atoms with Gasteiger partial charge in [-0.1, -0.05) is 35.9 Å². The summed E-state index contributed by atoms with van der Waals surface area (Å²) >= 11 is 1.65. The fourth-order valence-electron chi connectivity index (χ4n) is 2.87. The molecule has 2 heterocycles. The van der Waals surface area contributed by atoms with Crippen LogP contribution in [0.2, 0.25) is 0 Å². The first-order valence-electron chi connectivity index (χ1n) is 7.53. The number of nitrogens with one attached hydrogen (secondary N) is 1. The maximum atomic E-state index is 13.1. The number of aryl methyl sites for hydroxylation is 1. The van der Waals surface area contributed by atoms with Gasteiger partial charge in [-0.2, -0.15) is 0 Å². The third-order valence-corrected chi connectivity index (χ3v) is 4.98. The van der Waals surface area contributed by atoms with Gasteiger partial charge in [-0.05, 0) is 42.6 Å². The number of anilines is 2. The Morgan fingerprint density at radius 1 is 1.00 bits per heavy atom. The lowest BCUT2D eigenvalue weighted by Gasteiger charge is -2.37. The minimum atomic E-state index is -0.180. The van der Waals surface area contributed by atoms with Crippen LogP contribution in [0.5, 0.6) is 0 Å². The van der Waals surface area contributed by atoms with Crippen molar-refractivity contribution in [3.05, 3.63) is 82.0 Å². The lowest BCUT2D eigenvalue weighted by Crippen LogP contribution is -2.42. The van der Waals surface area contributed by atoms with E-state index in [0.717, 1.165) is 16.3 Å². The van der Waals surface area contributed by atoms with Crippen LogP contribution in [0.1, 0.15) is 27.0 Å². The number of hydrogen-bond acceptors (Lipinski definition) is 3. The average molecular weight is 320 g/mol. The topological polar surface area (TPSA) is 32.3 Å². The number of hydrogen-bond donors (Lipinski definition) is 1. The molecule has 0 saturated carbocycles. The minimum absolute atomic E-state index is 0.0293. The zero-order chi connectivity index (χ0) is 15.8. The molecule has 0 fully saturated rings. The number of para-hydroxylation sites is 1. The van der Waals surface area contributed by atoms with E-state index in [9.17, 15) is 4.79 Å². The Balaban J connectivity index is 1.85. The van der Waals surface area contributed by atoms with Crippen molar-refractivity contribution >= 4 is 28.6 Å². The highest BCUT2D eigenvalue weighted by molar-refractivity contribution is 7.10. The molecule has 0 bridgehead atoms. The molecule has 0 unspecified atom stereocenters. The number of amides is 1. The molecule has 4 rings (SSSR count). The van der Waals surface area contributed by atoms with Gasteiger partial charge >= 0.3 is 0 Å². The summed E-state index contributed by atoms with van der Waals surface area (Å²) in [4.78, 5) is 16.1. The Bertz CT molecular complexity index is 840. The van der Waals surface area contributed by atoms with Crippen molar-refractivity contribution in [3.63, 3.8) is 0 Å². The Morgan fingerprint density at radius 3 is 2.52 bits per heavy atom. The maximum Gasteiger partial charge on any atom is 0.262 e. The van der Waals surface area contributed by atoms with Gasteiger partial charge in [-0.25, -0.2) is 0 Å². The van der Waals surface area contributed by atoms with Crippen LogP contribution < -0.4 is 10.2 Å². The third kappa shape index (κ3) is 2.41. The molecule has 1 atom stereocenters. The summed E-state index contributed by atoms with van der Waals surface area (Å²) < 4.78 is 0. The molecule has 0 saturated heterocycles. The second-order valence-corrected chi connectivity index (χ2v) is 6.60. The van der Waals surface area contributed by atoms with Gasteiger partial charge in [0, 0.05) is 16.3 Å². The summed E-state index contributed by atoms with van der Waals surface area (Å²) in [6.45, 7) is 2.05. The van der Waals surface area contributed by atoms with Crippen molar-refractivity contribution in [3.8, 4) is 0 Å². The Labute approximate surface area is 139 Å². The number of benzene rings is 2. The number of nitrogens with zero attached hydrogens (tertiary/aromatic N) is 1. The first-order chi connectivity index (χ1) is 11.2. The molecule has 1 N–H and O–H groups in total. The summed E-state index contributed by atoms with van der Waals surface area (Å²) in [5, 5.41) is 5.55. The summed E-state index contributed by atoms with van der Waals surface area (Å²) in [5.41, 5.74) is 3.68. The molecular weight excluding hydrogens is 304 g/mol. The number of carbonyl (C=O) groups is 1. The average Bonchev–Trinajstić information content (AvgIpc) is 3.10. The molecule has 1 aliphatic rings. The van der Waals surface area contributed by atoms with Gasteiger partial charge in [0.15, 0.2) is 0 Å². The number of rotatable bonds is 2. The number of fused-ring (bicyclic) bond motifs is 1. The van der Waals surface area contributed by atoms with Crippen LogP contribution in [-0.4, -0.2) is 5.91 Å². The SMILES string of the molecule is Cc1ccc(N2C(=O)c3ccccc3N[C@@H]2c2cccs2)cc1. The molecule has 2 aromatic carbocycles. The summed E-state index contributed by atoms with van der Waals surface area (Å²) in [6, 6.07) is 19.8. The molecule has 1 aliphatic heterocycles. The highest BCUT2D eigenvalue weighted by atomic mass is 32.1. The van der Waals surface area contributed by atoms with Crippen LogP contribution in [0.3, 0.4) is 0 Å². The van der Waals surface area contributed by atoms with E-state index in [0.29, 0.717) is 5.56 Å². The quantitative estimate of drug-likeness (QED) is 0.733. The largest absolute Gasteiger partial charge is 0.360 e. The van der Waals surface area contributed by atoms with E-state index in [1.807, 2.05) is 71.8 Å². The molecule has 1 amide bonds. The van der Waals surface area contributed by atoms with Crippen molar-refractivity contribution in [1.29, 1.82) is 0 Å². The predicted octanol–water partition coefficient (Wildman–Crippen LogP) is 4.83. The van der Waals surface area contributed by atoms with E-state index in [1.165, 1.54) is 5.56 Å². The van der Waals surface area contributed by atoms with Crippen LogP contribution in [0.25, 0.3) is 0 Å². The smallest absolute Gasteiger partial charge is 0.262 e. The fourth-order valence-corrected chi connectivity index (χ4v) is 3.64. The molecule has 23 heavy (non-hydrogen) atoms. The van der Waals surface area contributed by atoms with Crippen LogP contribution in [0.15, 0.2) is 66.0 Å². The van der Waals surface area contributed by atoms with E-state index in [1.54, 1.807) is 11.3 Å². The zero-order valence-electron chi connectivity index (χ0n) is 12.7. The molecule has 0 radical (unpaired) electrons. The van der Waals surface area contributed by atoms with Gasteiger partial charge in [0.05, 0.1) is 5.56 Å². The van der Waals surface area contributed by atoms with Crippen LogP contribution in [-0.2, 0) is 0 Å². The molecular formula is C19H16N2OS. The number of thiophene rings is 1. The summed E-state index contributed by atoms with van der Waals surface area (Å²) in [7, 11) is 0. The van der Waals surface area contributed by atoms with Gasteiger partial charge in [0.25, 0.3) is 5.91 Å². The third-order valence-electron chi connectivity index (χ3n) is 4.05. The molecule has 3 aromatic rings. The van der Waals surface area contributed by atoms with Crippen LogP contribution in [0, 0.1) is 6.92 Å². The Kier molecular flexibility index (Phi) is 3.39. The van der Waals surface area contributed by atoms with Gasteiger partial charge in [0.1, 0.15) is 6.17 Å². The van der Waals surface area contributed by atoms with Crippen molar-refractivity contribution in [2.24, 2.45) is 0 Å². The first kappa shape index (κ1) is 14.0. The lowest BCUT2D eigenvalue weighted by atomic mass is 10.1. The lowest BCUT2D eigenvalue weighted by molar-refractivity contribution is 0.0975. The van der Waals surface area contributed by atoms with E-state index in [4.69, 9.17) is 0 Å². The second kappa shape index (κ2) is 5.56. The van der Waals surface area contributed by atoms with Crippen LogP contribution in [0.4, 0.5) is 11.4 Å². The monoisotopic (exact) mass is 320 g/mol. The zero-order valence-corrected chi connectivity index (χ0v) is 13.5. The molecule has 3 nitrogen and oxygen atoms in total. The first-order valence-corrected chi connectivity index (χ1v) is 8.41. The highest BCUT2D eigenvalue weighted by Crippen LogP contribution is 2.37. The second-order valence-electron chi connectivity index (χ2n) is 5.62.